The molecule has 3 atom stereocenters. The zero-order valence-corrected chi connectivity index (χ0v) is 26.8. The summed E-state index contributed by atoms with van der Waals surface area (Å²) in [6.07, 6.45) is 3.05. The van der Waals surface area contributed by atoms with Gasteiger partial charge < -0.3 is 29.9 Å². The Morgan fingerprint density at radius 3 is 2.67 bits per heavy atom. The second kappa shape index (κ2) is 15.1. The van der Waals surface area contributed by atoms with Crippen molar-refractivity contribution in [2.24, 2.45) is 11.8 Å². The van der Waals surface area contributed by atoms with E-state index in [1.54, 1.807) is 13.3 Å². The molecule has 0 aliphatic carbocycles. The standard InChI is InChI=1S/C33H50N6O4/c1-23(2)21-39(31(41)27-20-36-32(33(3,4)5)37-29(27)35-13-10-15-42-6)26-17-25(18-34-19-26)30(40)38-14-16-43-22-28(38)24-11-8-7-9-12-24/h7-9,11-12,20,23,25-26,28,34H,10,13-19,21-22H2,1-6H3,(H,35,36,37)/t25-,26+,28?/m1/s1. The molecule has 236 valence electrons. The highest BCUT2D eigenvalue weighted by atomic mass is 16.5. The molecule has 10 heteroatoms. The van der Waals surface area contributed by atoms with Gasteiger partial charge in [0.25, 0.3) is 5.91 Å². The fourth-order valence-corrected chi connectivity index (χ4v) is 5.80. The average molecular weight is 595 g/mol. The number of hydrogen-bond acceptors (Lipinski definition) is 8. The fourth-order valence-electron chi connectivity index (χ4n) is 5.80. The van der Waals surface area contributed by atoms with Gasteiger partial charge in [0.05, 0.1) is 25.2 Å². The van der Waals surface area contributed by atoms with Gasteiger partial charge in [0.2, 0.25) is 5.91 Å². The van der Waals surface area contributed by atoms with Gasteiger partial charge in [0, 0.05) is 64.1 Å². The predicted octanol–water partition coefficient (Wildman–Crippen LogP) is 3.90. The Morgan fingerprint density at radius 2 is 1.98 bits per heavy atom. The first-order valence-corrected chi connectivity index (χ1v) is 15.6. The summed E-state index contributed by atoms with van der Waals surface area (Å²) in [5.74, 6) is 1.23. The molecule has 2 aliphatic heterocycles. The third-order valence-corrected chi connectivity index (χ3v) is 8.04. The van der Waals surface area contributed by atoms with E-state index in [9.17, 15) is 9.59 Å². The number of hydrogen-bond donors (Lipinski definition) is 2. The number of aromatic nitrogens is 2. The van der Waals surface area contributed by atoms with Crippen molar-refractivity contribution in [1.82, 2.24) is 25.1 Å². The Hall–Kier alpha value is -3.08. The summed E-state index contributed by atoms with van der Waals surface area (Å²) in [7, 11) is 1.68. The minimum Gasteiger partial charge on any atom is -0.385 e. The summed E-state index contributed by atoms with van der Waals surface area (Å²) in [5, 5.41) is 6.85. The number of carbonyl (C=O) groups is 2. The van der Waals surface area contributed by atoms with E-state index < -0.39 is 0 Å². The molecule has 0 spiro atoms. The number of benzene rings is 1. The molecule has 1 aromatic carbocycles. The van der Waals surface area contributed by atoms with Gasteiger partial charge in [-0.3, -0.25) is 9.59 Å². The zero-order valence-electron chi connectivity index (χ0n) is 26.8. The van der Waals surface area contributed by atoms with Crippen LogP contribution in [0.3, 0.4) is 0 Å². The van der Waals surface area contributed by atoms with Crippen LogP contribution in [0.2, 0.25) is 0 Å². The van der Waals surface area contributed by atoms with Crippen molar-refractivity contribution >= 4 is 17.6 Å². The third-order valence-electron chi connectivity index (χ3n) is 8.04. The van der Waals surface area contributed by atoms with Crippen molar-refractivity contribution in [3.8, 4) is 0 Å². The van der Waals surface area contributed by atoms with Gasteiger partial charge in [-0.25, -0.2) is 9.97 Å². The molecule has 2 fully saturated rings. The van der Waals surface area contributed by atoms with Crippen molar-refractivity contribution < 1.29 is 19.1 Å². The lowest BCUT2D eigenvalue weighted by Gasteiger charge is -2.42. The Labute approximate surface area is 256 Å². The highest BCUT2D eigenvalue weighted by Crippen LogP contribution is 2.30. The summed E-state index contributed by atoms with van der Waals surface area (Å²) in [6, 6.07) is 9.84. The van der Waals surface area contributed by atoms with Gasteiger partial charge >= 0.3 is 0 Å². The molecular weight excluding hydrogens is 544 g/mol. The molecule has 2 amide bonds. The molecule has 43 heavy (non-hydrogen) atoms. The minimum absolute atomic E-state index is 0.110. The smallest absolute Gasteiger partial charge is 0.259 e. The molecule has 2 aliphatic rings. The lowest BCUT2D eigenvalue weighted by molar-refractivity contribution is -0.145. The lowest BCUT2D eigenvalue weighted by Crippen LogP contribution is -2.56. The maximum Gasteiger partial charge on any atom is 0.259 e. The van der Waals surface area contributed by atoms with Crippen LogP contribution in [0.4, 0.5) is 5.82 Å². The normalized spacial score (nSPS) is 21.1. The van der Waals surface area contributed by atoms with E-state index in [0.29, 0.717) is 76.2 Å². The van der Waals surface area contributed by atoms with E-state index in [1.165, 1.54) is 0 Å². The maximum atomic E-state index is 14.3. The second-order valence-electron chi connectivity index (χ2n) is 13.1. The summed E-state index contributed by atoms with van der Waals surface area (Å²) < 4.78 is 11.0. The van der Waals surface area contributed by atoms with Crippen molar-refractivity contribution in [3.05, 3.63) is 53.5 Å². The SMILES string of the molecule is COCCCNc1nc(C(C)(C)C)ncc1C(=O)N(CC(C)C)[C@@H]1CNC[C@H](C(=O)N2CCOCC2c2ccccc2)C1. The Kier molecular flexibility index (Phi) is 11.5. The fraction of sp³-hybridized carbons (Fsp3) is 0.636. The van der Waals surface area contributed by atoms with Crippen LogP contribution in [-0.2, 0) is 19.7 Å². The van der Waals surface area contributed by atoms with Gasteiger partial charge in [-0.05, 0) is 24.3 Å². The first-order chi connectivity index (χ1) is 20.6. The summed E-state index contributed by atoms with van der Waals surface area (Å²) in [4.78, 5) is 41.6. The van der Waals surface area contributed by atoms with Crippen LogP contribution in [0.1, 0.15) is 75.2 Å². The number of morpholine rings is 1. The summed E-state index contributed by atoms with van der Waals surface area (Å²) in [5.41, 5.74) is 1.27. The van der Waals surface area contributed by atoms with E-state index in [4.69, 9.17) is 14.5 Å². The van der Waals surface area contributed by atoms with Crippen molar-refractivity contribution in [2.75, 3.05) is 65.0 Å². The molecule has 1 aromatic heterocycles. The first kappa shape index (κ1) is 32.8. The van der Waals surface area contributed by atoms with E-state index in [2.05, 4.69) is 62.4 Å². The van der Waals surface area contributed by atoms with Crippen molar-refractivity contribution in [2.45, 2.75) is 65.0 Å². The van der Waals surface area contributed by atoms with Crippen LogP contribution >= 0.6 is 0 Å². The highest BCUT2D eigenvalue weighted by Gasteiger charge is 2.38. The van der Waals surface area contributed by atoms with Crippen LogP contribution < -0.4 is 10.6 Å². The lowest BCUT2D eigenvalue weighted by atomic mass is 9.91. The monoisotopic (exact) mass is 594 g/mol. The van der Waals surface area contributed by atoms with E-state index in [0.717, 1.165) is 12.0 Å². The Morgan fingerprint density at radius 1 is 1.21 bits per heavy atom. The topological polar surface area (TPSA) is 109 Å². The maximum absolute atomic E-state index is 14.3. The van der Waals surface area contributed by atoms with Crippen LogP contribution in [0.25, 0.3) is 0 Å². The molecule has 0 saturated carbocycles. The molecular formula is C33H50N6O4. The summed E-state index contributed by atoms with van der Waals surface area (Å²) >= 11 is 0. The van der Waals surface area contributed by atoms with Gasteiger partial charge in [-0.1, -0.05) is 65.0 Å². The van der Waals surface area contributed by atoms with Crippen LogP contribution in [-0.4, -0.2) is 97.3 Å². The molecule has 4 rings (SSSR count). The van der Waals surface area contributed by atoms with Crippen LogP contribution in [0, 0.1) is 11.8 Å². The third kappa shape index (κ3) is 8.52. The van der Waals surface area contributed by atoms with Crippen LogP contribution in [0.15, 0.2) is 36.5 Å². The van der Waals surface area contributed by atoms with Crippen LogP contribution in [0.5, 0.6) is 0 Å². The first-order valence-electron chi connectivity index (χ1n) is 15.6. The summed E-state index contributed by atoms with van der Waals surface area (Å²) in [6.45, 7) is 15.0. The molecule has 2 N–H and O–H groups in total. The number of rotatable bonds is 11. The average Bonchev–Trinajstić information content (AvgIpc) is 3.01. The number of carbonyl (C=O) groups excluding carboxylic acids is 2. The molecule has 2 saturated heterocycles. The Bertz CT molecular complexity index is 1200. The molecule has 1 unspecified atom stereocenters. The van der Waals surface area contributed by atoms with E-state index in [1.807, 2.05) is 28.0 Å². The van der Waals surface area contributed by atoms with Crippen molar-refractivity contribution in [1.29, 1.82) is 0 Å². The molecule has 3 heterocycles. The molecule has 10 nitrogen and oxygen atoms in total. The number of nitrogens with zero attached hydrogens (tertiary/aromatic N) is 4. The number of ether oxygens (including phenoxy) is 2. The van der Waals surface area contributed by atoms with E-state index >= 15 is 0 Å². The molecule has 2 aromatic rings. The predicted molar refractivity (Wildman–Crippen MR) is 168 cm³/mol. The van der Waals surface area contributed by atoms with Gasteiger partial charge in [-0.2, -0.15) is 0 Å². The number of nitrogens with one attached hydrogen (secondary N) is 2. The number of methoxy groups -OCH3 is 1. The van der Waals surface area contributed by atoms with Crippen molar-refractivity contribution in [3.63, 3.8) is 0 Å². The van der Waals surface area contributed by atoms with E-state index in [-0.39, 0.29) is 41.1 Å². The molecule has 0 bridgehead atoms. The largest absolute Gasteiger partial charge is 0.385 e. The molecule has 0 radical (unpaired) electrons. The quantitative estimate of drug-likeness (QED) is 0.377. The van der Waals surface area contributed by atoms with Gasteiger partial charge in [-0.15, -0.1) is 0 Å². The Balaban J connectivity index is 1.57. The number of anilines is 1. The number of piperidine rings is 1. The highest BCUT2D eigenvalue weighted by molar-refractivity contribution is 5.98. The zero-order chi connectivity index (χ0) is 31.0. The van der Waals surface area contributed by atoms with Gasteiger partial charge in [0.15, 0.2) is 0 Å². The number of amides is 2. The van der Waals surface area contributed by atoms with Gasteiger partial charge in [0.1, 0.15) is 17.2 Å². The minimum atomic E-state index is -0.264. The second-order valence-corrected chi connectivity index (χ2v) is 13.1.